The van der Waals surface area contributed by atoms with E-state index in [-0.39, 0.29) is 18.0 Å². The quantitative estimate of drug-likeness (QED) is 0.781. The average molecular weight is 357 g/mol. The van der Waals surface area contributed by atoms with Crippen LogP contribution in [0.15, 0.2) is 42.7 Å². The monoisotopic (exact) mass is 356 g/mol. The van der Waals surface area contributed by atoms with Gasteiger partial charge in [0.15, 0.2) is 0 Å². The predicted octanol–water partition coefficient (Wildman–Crippen LogP) is 3.29. The maximum absolute atomic E-state index is 12.8. The Balaban J connectivity index is 1.46. The molecule has 1 unspecified atom stereocenters. The number of fused-ring (bicyclic) bond motifs is 1. The van der Waals surface area contributed by atoms with Crippen LogP contribution in [-0.2, 0) is 0 Å². The van der Waals surface area contributed by atoms with Gasteiger partial charge in [-0.15, -0.1) is 0 Å². The highest BCUT2D eigenvalue weighted by atomic mass is 35.5. The van der Waals surface area contributed by atoms with E-state index >= 15 is 0 Å². The van der Waals surface area contributed by atoms with Gasteiger partial charge in [-0.05, 0) is 25.0 Å². The van der Waals surface area contributed by atoms with Crippen molar-refractivity contribution in [2.24, 2.45) is 0 Å². The second kappa shape index (κ2) is 6.72. The highest BCUT2D eigenvalue weighted by molar-refractivity contribution is 6.30. The Morgan fingerprint density at radius 3 is 2.88 bits per heavy atom. The first kappa shape index (κ1) is 15.9. The van der Waals surface area contributed by atoms with E-state index in [0.717, 1.165) is 30.3 Å². The molecule has 1 atom stereocenters. The van der Waals surface area contributed by atoms with E-state index in [2.05, 4.69) is 15.0 Å². The maximum Gasteiger partial charge on any atom is 0.316 e. The van der Waals surface area contributed by atoms with Gasteiger partial charge < -0.3 is 14.6 Å². The van der Waals surface area contributed by atoms with Crippen molar-refractivity contribution in [3.05, 3.63) is 53.4 Å². The molecule has 0 radical (unpaired) electrons. The molecule has 1 amide bonds. The highest BCUT2D eigenvalue weighted by Gasteiger charge is 2.27. The number of piperidine rings is 1. The van der Waals surface area contributed by atoms with Gasteiger partial charge in [0.25, 0.3) is 5.91 Å². The number of benzene rings is 1. The lowest BCUT2D eigenvalue weighted by atomic mass is 10.1. The molecule has 2 aromatic heterocycles. The molecule has 1 aliphatic heterocycles. The summed E-state index contributed by atoms with van der Waals surface area (Å²) in [6.07, 6.45) is 4.62. The van der Waals surface area contributed by atoms with Crippen molar-refractivity contribution in [1.29, 1.82) is 0 Å². The number of hydrogen-bond acceptors (Lipinski definition) is 4. The number of nitrogens with one attached hydrogen (secondary N) is 1. The molecule has 128 valence electrons. The van der Waals surface area contributed by atoms with Crippen LogP contribution in [0.25, 0.3) is 10.9 Å². The number of amides is 1. The van der Waals surface area contributed by atoms with E-state index in [1.54, 1.807) is 0 Å². The Kier molecular flexibility index (Phi) is 4.28. The molecule has 1 saturated heterocycles. The number of para-hydroxylation sites is 1. The Labute approximate surface area is 149 Å². The summed E-state index contributed by atoms with van der Waals surface area (Å²) < 4.78 is 5.80. The fourth-order valence-electron chi connectivity index (χ4n) is 3.09. The van der Waals surface area contributed by atoms with Crippen molar-refractivity contribution in [2.45, 2.75) is 18.9 Å². The van der Waals surface area contributed by atoms with Gasteiger partial charge in [-0.3, -0.25) is 4.79 Å². The number of carbonyl (C=O) groups is 1. The molecular formula is C18H17ClN4O2. The fourth-order valence-corrected chi connectivity index (χ4v) is 3.19. The number of aromatic nitrogens is 3. The molecule has 1 aromatic carbocycles. The number of aromatic amines is 1. The molecule has 1 fully saturated rings. The third-order valence-corrected chi connectivity index (χ3v) is 4.49. The van der Waals surface area contributed by atoms with Crippen LogP contribution in [0, 0.1) is 0 Å². The summed E-state index contributed by atoms with van der Waals surface area (Å²) in [5.74, 6) is -0.0125. The smallest absolute Gasteiger partial charge is 0.316 e. The fraction of sp³-hybridized carbons (Fsp3) is 0.278. The molecule has 1 aliphatic rings. The average Bonchev–Trinajstić information content (AvgIpc) is 3.07. The minimum absolute atomic E-state index is 0.0125. The first-order valence-electron chi connectivity index (χ1n) is 8.20. The molecule has 3 aromatic rings. The van der Waals surface area contributed by atoms with Gasteiger partial charge in [0.05, 0.1) is 24.0 Å². The molecule has 0 spiro atoms. The van der Waals surface area contributed by atoms with Crippen molar-refractivity contribution < 1.29 is 9.53 Å². The lowest BCUT2D eigenvalue weighted by Gasteiger charge is -2.32. The van der Waals surface area contributed by atoms with Gasteiger partial charge in [-0.2, -0.15) is 0 Å². The van der Waals surface area contributed by atoms with Crippen LogP contribution >= 0.6 is 11.6 Å². The Morgan fingerprint density at radius 1 is 1.28 bits per heavy atom. The van der Waals surface area contributed by atoms with Crippen molar-refractivity contribution in [2.75, 3.05) is 13.1 Å². The summed E-state index contributed by atoms with van der Waals surface area (Å²) in [5.41, 5.74) is 1.56. The van der Waals surface area contributed by atoms with E-state index in [1.165, 1.54) is 12.4 Å². The zero-order valence-electron chi connectivity index (χ0n) is 13.5. The highest BCUT2D eigenvalue weighted by Crippen LogP contribution is 2.20. The van der Waals surface area contributed by atoms with E-state index in [9.17, 15) is 4.79 Å². The third-order valence-electron chi connectivity index (χ3n) is 4.29. The van der Waals surface area contributed by atoms with Crippen LogP contribution in [0.4, 0.5) is 0 Å². The standard InChI is InChI=1S/C18H17ClN4O2/c19-13-9-20-18(21-10-13)25-14-5-3-7-23(11-14)17(24)16-8-12-4-1-2-6-15(12)22-16/h1-2,4,6,8-10,14,22H,3,5,7,11H2. The van der Waals surface area contributed by atoms with Gasteiger partial charge in [0.1, 0.15) is 11.8 Å². The topological polar surface area (TPSA) is 71.1 Å². The molecule has 0 bridgehead atoms. The van der Waals surface area contributed by atoms with Crippen LogP contribution < -0.4 is 4.74 Å². The SMILES string of the molecule is O=C(c1cc2ccccc2[nH]1)N1CCCC(Oc2ncc(Cl)cn2)C1. The number of H-pyrrole nitrogens is 1. The van der Waals surface area contributed by atoms with Crippen LogP contribution in [-0.4, -0.2) is 45.0 Å². The predicted molar refractivity (Wildman–Crippen MR) is 94.9 cm³/mol. The molecular weight excluding hydrogens is 340 g/mol. The van der Waals surface area contributed by atoms with Crippen molar-refractivity contribution >= 4 is 28.4 Å². The van der Waals surface area contributed by atoms with E-state index in [0.29, 0.717) is 17.3 Å². The second-order valence-electron chi connectivity index (χ2n) is 6.09. The van der Waals surface area contributed by atoms with Crippen molar-refractivity contribution in [3.63, 3.8) is 0 Å². The van der Waals surface area contributed by atoms with Crippen LogP contribution in [0.3, 0.4) is 0 Å². The normalized spacial score (nSPS) is 17.6. The number of nitrogens with zero attached hydrogens (tertiary/aromatic N) is 3. The molecule has 1 N–H and O–H groups in total. The maximum atomic E-state index is 12.8. The second-order valence-corrected chi connectivity index (χ2v) is 6.52. The zero-order valence-corrected chi connectivity index (χ0v) is 14.2. The van der Waals surface area contributed by atoms with Crippen molar-refractivity contribution in [3.8, 4) is 6.01 Å². The number of likely N-dealkylation sites (tertiary alicyclic amines) is 1. The number of carbonyl (C=O) groups excluding carboxylic acids is 1. The minimum atomic E-state index is -0.122. The first-order chi connectivity index (χ1) is 12.2. The third kappa shape index (κ3) is 3.44. The summed E-state index contributed by atoms with van der Waals surface area (Å²) in [4.78, 5) is 25.9. The van der Waals surface area contributed by atoms with Gasteiger partial charge in [0.2, 0.25) is 0 Å². The van der Waals surface area contributed by atoms with E-state index in [1.807, 2.05) is 35.2 Å². The largest absolute Gasteiger partial charge is 0.458 e. The zero-order chi connectivity index (χ0) is 17.2. The molecule has 0 saturated carbocycles. The number of ether oxygens (including phenoxy) is 1. The summed E-state index contributed by atoms with van der Waals surface area (Å²) in [5, 5.41) is 1.50. The molecule has 25 heavy (non-hydrogen) atoms. The van der Waals surface area contributed by atoms with E-state index < -0.39 is 0 Å². The lowest BCUT2D eigenvalue weighted by molar-refractivity contribution is 0.0511. The lowest BCUT2D eigenvalue weighted by Crippen LogP contribution is -2.44. The molecule has 4 rings (SSSR count). The van der Waals surface area contributed by atoms with Crippen LogP contribution in [0.5, 0.6) is 6.01 Å². The molecule has 0 aliphatic carbocycles. The van der Waals surface area contributed by atoms with Gasteiger partial charge in [0, 0.05) is 17.4 Å². The Hall–Kier alpha value is -2.60. The molecule has 7 heteroatoms. The summed E-state index contributed by atoms with van der Waals surface area (Å²) in [6, 6.07) is 10.0. The summed E-state index contributed by atoms with van der Waals surface area (Å²) in [6.45, 7) is 1.23. The first-order valence-corrected chi connectivity index (χ1v) is 8.58. The van der Waals surface area contributed by atoms with Crippen LogP contribution in [0.2, 0.25) is 5.02 Å². The minimum Gasteiger partial charge on any atom is -0.458 e. The number of hydrogen-bond donors (Lipinski definition) is 1. The summed E-state index contributed by atoms with van der Waals surface area (Å²) >= 11 is 5.78. The Morgan fingerprint density at radius 2 is 2.08 bits per heavy atom. The van der Waals surface area contributed by atoms with Gasteiger partial charge in [-0.25, -0.2) is 9.97 Å². The number of rotatable bonds is 3. The molecule has 6 nitrogen and oxygen atoms in total. The van der Waals surface area contributed by atoms with Gasteiger partial charge in [-0.1, -0.05) is 29.8 Å². The van der Waals surface area contributed by atoms with Gasteiger partial charge >= 0.3 is 6.01 Å². The molecule has 3 heterocycles. The van der Waals surface area contributed by atoms with Crippen molar-refractivity contribution in [1.82, 2.24) is 19.9 Å². The van der Waals surface area contributed by atoms with Crippen LogP contribution in [0.1, 0.15) is 23.3 Å². The van der Waals surface area contributed by atoms with E-state index in [4.69, 9.17) is 16.3 Å². The number of halogens is 1. The summed E-state index contributed by atoms with van der Waals surface area (Å²) in [7, 11) is 0. The Bertz CT molecular complexity index is 860.